The van der Waals surface area contributed by atoms with Crippen LogP contribution in [0.2, 0.25) is 0 Å². The molecule has 0 aromatic heterocycles. The van der Waals surface area contributed by atoms with E-state index in [0.717, 1.165) is 37.7 Å². The van der Waals surface area contributed by atoms with Crippen LogP contribution in [0.15, 0.2) is 48.5 Å². The third-order valence-electron chi connectivity index (χ3n) is 5.90. The van der Waals surface area contributed by atoms with Gasteiger partial charge in [-0.3, -0.25) is 4.79 Å². The molecule has 0 spiro atoms. The third kappa shape index (κ3) is 4.42. The number of urea groups is 1. The summed E-state index contributed by atoms with van der Waals surface area (Å²) < 4.78 is 13.4. The quantitative estimate of drug-likeness (QED) is 0.805. The van der Waals surface area contributed by atoms with Crippen LogP contribution in [-0.2, 0) is 0 Å². The Hall–Kier alpha value is -2.89. The minimum atomic E-state index is -0.374. The summed E-state index contributed by atoms with van der Waals surface area (Å²) in [5.74, 6) is -0.435. The van der Waals surface area contributed by atoms with Gasteiger partial charge in [-0.05, 0) is 69.4 Å². The van der Waals surface area contributed by atoms with Crippen molar-refractivity contribution in [1.29, 1.82) is 0 Å². The highest BCUT2D eigenvalue weighted by molar-refractivity contribution is 5.94. The number of benzene rings is 2. The lowest BCUT2D eigenvalue weighted by molar-refractivity contribution is 0.0577. The van der Waals surface area contributed by atoms with Gasteiger partial charge in [0, 0.05) is 29.4 Å². The zero-order chi connectivity index (χ0) is 20.4. The van der Waals surface area contributed by atoms with Gasteiger partial charge in [0.05, 0.1) is 0 Å². The normalized spacial score (nSPS) is 23.4. The van der Waals surface area contributed by atoms with Crippen molar-refractivity contribution >= 4 is 17.6 Å². The number of hydrogen-bond acceptors (Lipinski definition) is 2. The van der Waals surface area contributed by atoms with Crippen LogP contribution in [0.4, 0.5) is 14.9 Å². The molecule has 2 fully saturated rings. The first-order chi connectivity index (χ1) is 14.0. The Balaban J connectivity index is 1.42. The molecule has 0 aliphatic carbocycles. The zero-order valence-electron chi connectivity index (χ0n) is 16.5. The van der Waals surface area contributed by atoms with Crippen molar-refractivity contribution in [1.82, 2.24) is 10.2 Å². The molecule has 2 N–H and O–H groups in total. The number of hydrogen-bond donors (Lipinski definition) is 2. The van der Waals surface area contributed by atoms with Gasteiger partial charge in [-0.15, -0.1) is 0 Å². The summed E-state index contributed by atoms with van der Waals surface area (Å²) in [6.45, 7) is 1.97. The first kappa shape index (κ1) is 19.4. The lowest BCUT2D eigenvalue weighted by atomic mass is 9.82. The van der Waals surface area contributed by atoms with Gasteiger partial charge >= 0.3 is 6.03 Å². The molecule has 2 saturated heterocycles. The number of rotatable bonds is 3. The van der Waals surface area contributed by atoms with E-state index < -0.39 is 0 Å². The number of halogens is 1. The van der Waals surface area contributed by atoms with Gasteiger partial charge in [-0.1, -0.05) is 23.8 Å². The van der Waals surface area contributed by atoms with E-state index in [1.807, 2.05) is 36.1 Å². The molecule has 2 atom stereocenters. The number of piperidine rings is 2. The molecule has 2 heterocycles. The van der Waals surface area contributed by atoms with Crippen LogP contribution >= 0.6 is 0 Å². The molecule has 0 unspecified atom stereocenters. The topological polar surface area (TPSA) is 61.4 Å². The van der Waals surface area contributed by atoms with Crippen LogP contribution in [0, 0.1) is 12.7 Å². The van der Waals surface area contributed by atoms with E-state index >= 15 is 0 Å². The number of fused-ring (bicyclic) bond motifs is 2. The number of carbonyl (C=O) groups excluding carboxylic acids is 2. The van der Waals surface area contributed by atoms with Crippen molar-refractivity contribution < 1.29 is 14.0 Å². The molecule has 2 aromatic rings. The number of nitrogens with one attached hydrogen (secondary N) is 2. The number of carbonyl (C=O) groups is 2. The van der Waals surface area contributed by atoms with Crippen molar-refractivity contribution in [3.63, 3.8) is 0 Å². The maximum Gasteiger partial charge on any atom is 0.322 e. The fraction of sp³-hybridized carbons (Fsp3) is 0.391. The molecular formula is C23H26FN3O2. The summed E-state index contributed by atoms with van der Waals surface area (Å²) in [4.78, 5) is 27.4. The van der Waals surface area contributed by atoms with Crippen molar-refractivity contribution in [3.05, 3.63) is 65.5 Å². The molecule has 2 aliphatic heterocycles. The van der Waals surface area contributed by atoms with Crippen molar-refractivity contribution in [2.45, 2.75) is 57.2 Å². The highest BCUT2D eigenvalue weighted by Crippen LogP contribution is 2.34. The predicted molar refractivity (Wildman–Crippen MR) is 110 cm³/mol. The first-order valence-corrected chi connectivity index (χ1v) is 10.2. The van der Waals surface area contributed by atoms with E-state index in [2.05, 4.69) is 10.6 Å². The zero-order valence-corrected chi connectivity index (χ0v) is 16.5. The number of aryl methyl sites for hydroxylation is 1. The van der Waals surface area contributed by atoms with Crippen LogP contribution in [0.25, 0.3) is 0 Å². The van der Waals surface area contributed by atoms with Gasteiger partial charge in [0.2, 0.25) is 0 Å². The van der Waals surface area contributed by atoms with Crippen molar-refractivity contribution in [3.8, 4) is 0 Å². The molecule has 5 nitrogen and oxygen atoms in total. The molecule has 0 radical (unpaired) electrons. The second-order valence-corrected chi connectivity index (χ2v) is 8.10. The Morgan fingerprint density at radius 1 is 1.03 bits per heavy atom. The minimum Gasteiger partial charge on any atom is -0.349 e. The number of amides is 3. The van der Waals surface area contributed by atoms with Crippen LogP contribution in [0.5, 0.6) is 0 Å². The Bertz CT molecular complexity index is 903. The van der Waals surface area contributed by atoms with Gasteiger partial charge < -0.3 is 15.5 Å². The predicted octanol–water partition coefficient (Wildman–Crippen LogP) is 4.48. The van der Waals surface area contributed by atoms with Crippen molar-refractivity contribution in [2.75, 3.05) is 5.32 Å². The molecule has 6 heteroatoms. The van der Waals surface area contributed by atoms with Crippen LogP contribution in [-0.4, -0.2) is 35.0 Å². The largest absolute Gasteiger partial charge is 0.349 e. The van der Waals surface area contributed by atoms with E-state index in [4.69, 9.17) is 0 Å². The van der Waals surface area contributed by atoms with Crippen molar-refractivity contribution in [2.24, 2.45) is 0 Å². The molecule has 3 amide bonds. The van der Waals surface area contributed by atoms with Crippen LogP contribution < -0.4 is 10.6 Å². The first-order valence-electron chi connectivity index (χ1n) is 10.2. The molecular weight excluding hydrogens is 369 g/mol. The van der Waals surface area contributed by atoms with Crippen LogP contribution in [0.1, 0.15) is 48.0 Å². The highest BCUT2D eigenvalue weighted by atomic mass is 19.1. The Kier molecular flexibility index (Phi) is 5.51. The molecule has 2 aromatic carbocycles. The number of anilines is 1. The summed E-state index contributed by atoms with van der Waals surface area (Å²) >= 11 is 0. The molecule has 29 heavy (non-hydrogen) atoms. The maximum absolute atomic E-state index is 13.4. The van der Waals surface area contributed by atoms with Gasteiger partial charge in [-0.25, -0.2) is 9.18 Å². The van der Waals surface area contributed by atoms with Gasteiger partial charge in [0.1, 0.15) is 5.82 Å². The SMILES string of the molecule is Cc1cccc(C(=O)NC2C[C@@H]3CCC[C@@H](C2)N3C(=O)Nc2cccc(F)c2)c1. The second-order valence-electron chi connectivity index (χ2n) is 8.10. The third-order valence-corrected chi connectivity index (χ3v) is 5.90. The smallest absolute Gasteiger partial charge is 0.322 e. The Labute approximate surface area is 170 Å². The van der Waals surface area contributed by atoms with E-state index in [1.54, 1.807) is 12.1 Å². The second kappa shape index (κ2) is 8.23. The minimum absolute atomic E-state index is 0.0523. The maximum atomic E-state index is 13.4. The van der Waals surface area contributed by atoms with E-state index in [-0.39, 0.29) is 35.9 Å². The van der Waals surface area contributed by atoms with E-state index in [0.29, 0.717) is 11.3 Å². The van der Waals surface area contributed by atoms with Gasteiger partial charge in [0.15, 0.2) is 0 Å². The van der Waals surface area contributed by atoms with Gasteiger partial charge in [-0.2, -0.15) is 0 Å². The fourth-order valence-electron chi connectivity index (χ4n) is 4.64. The molecule has 4 rings (SSSR count). The van der Waals surface area contributed by atoms with Crippen LogP contribution in [0.3, 0.4) is 0 Å². The fourth-order valence-corrected chi connectivity index (χ4v) is 4.64. The molecule has 152 valence electrons. The Morgan fingerprint density at radius 3 is 2.45 bits per heavy atom. The molecule has 2 bridgehead atoms. The Morgan fingerprint density at radius 2 is 1.76 bits per heavy atom. The summed E-state index contributed by atoms with van der Waals surface area (Å²) in [7, 11) is 0. The lowest BCUT2D eigenvalue weighted by Crippen LogP contribution is -2.59. The molecule has 2 aliphatic rings. The standard InChI is InChI=1S/C23H26FN3O2/c1-15-5-2-6-16(11-15)22(28)25-19-13-20-9-4-10-21(14-19)27(20)23(29)26-18-8-3-7-17(24)12-18/h2-3,5-8,11-12,19-21H,4,9-10,13-14H2,1H3,(H,25,28)(H,26,29)/t20-,21-/m0/s1. The summed E-state index contributed by atoms with van der Waals surface area (Å²) in [5.41, 5.74) is 2.18. The molecule has 0 saturated carbocycles. The average molecular weight is 395 g/mol. The highest BCUT2D eigenvalue weighted by Gasteiger charge is 2.41. The summed E-state index contributed by atoms with van der Waals surface area (Å²) in [6, 6.07) is 13.5. The average Bonchev–Trinajstić information content (AvgIpc) is 2.67. The monoisotopic (exact) mass is 395 g/mol. The summed E-state index contributed by atoms with van der Waals surface area (Å²) in [6.07, 6.45) is 4.40. The summed E-state index contributed by atoms with van der Waals surface area (Å²) in [5, 5.41) is 5.99. The number of nitrogens with zero attached hydrogens (tertiary/aromatic N) is 1. The van der Waals surface area contributed by atoms with Gasteiger partial charge in [0.25, 0.3) is 5.91 Å². The lowest BCUT2D eigenvalue weighted by Gasteiger charge is -2.48. The van der Waals surface area contributed by atoms with E-state index in [1.165, 1.54) is 12.1 Å². The van der Waals surface area contributed by atoms with E-state index in [9.17, 15) is 14.0 Å².